The third-order valence-corrected chi connectivity index (χ3v) is 4.42. The summed E-state index contributed by atoms with van der Waals surface area (Å²) in [5.41, 5.74) is 6.22. The predicted octanol–water partition coefficient (Wildman–Crippen LogP) is 0.957. The fourth-order valence-electron chi connectivity index (χ4n) is 3.18. The minimum atomic E-state index is 0.0841. The van der Waals surface area contributed by atoms with Gasteiger partial charge in [-0.25, -0.2) is 5.01 Å². The lowest BCUT2D eigenvalue weighted by Gasteiger charge is -2.40. The second-order valence-electron chi connectivity index (χ2n) is 6.13. The van der Waals surface area contributed by atoms with Crippen LogP contribution < -0.4 is 11.1 Å². The molecular formula is C18H33N7O. The summed E-state index contributed by atoms with van der Waals surface area (Å²) in [5, 5.41) is 9.84. The smallest absolute Gasteiger partial charge is 0.219 e. The van der Waals surface area contributed by atoms with Gasteiger partial charge in [0.15, 0.2) is 11.6 Å². The number of nitrogens with zero attached hydrogens (tertiary/aromatic N) is 5. The van der Waals surface area contributed by atoms with Gasteiger partial charge in [0.05, 0.1) is 13.2 Å². The van der Waals surface area contributed by atoms with Crippen molar-refractivity contribution in [3.8, 4) is 0 Å². The van der Waals surface area contributed by atoms with Gasteiger partial charge in [-0.05, 0) is 18.6 Å². The lowest BCUT2D eigenvalue weighted by molar-refractivity contribution is 0.236. The molecule has 0 amide bonds. The first kappa shape index (κ1) is 20.1. The van der Waals surface area contributed by atoms with Gasteiger partial charge in [0, 0.05) is 39.8 Å². The Kier molecular flexibility index (Phi) is 7.32. The van der Waals surface area contributed by atoms with Crippen LogP contribution in [-0.2, 0) is 4.74 Å². The maximum absolute atomic E-state index is 6.22. The number of hydrogen-bond donors (Lipinski definition) is 2. The van der Waals surface area contributed by atoms with Crippen LogP contribution in [0.1, 0.15) is 27.2 Å². The Balaban J connectivity index is 0.00000117. The van der Waals surface area contributed by atoms with E-state index in [1.807, 2.05) is 27.0 Å². The molecule has 0 saturated carbocycles. The second-order valence-corrected chi connectivity index (χ2v) is 6.13. The molecule has 3 rings (SSSR count). The minimum Gasteiger partial charge on any atom is -0.493 e. The second kappa shape index (κ2) is 9.47. The van der Waals surface area contributed by atoms with Crippen molar-refractivity contribution < 1.29 is 4.74 Å². The number of nitrogens with one attached hydrogen (secondary N) is 1. The van der Waals surface area contributed by atoms with E-state index < -0.39 is 0 Å². The van der Waals surface area contributed by atoms with Crippen LogP contribution in [0.4, 0.5) is 0 Å². The first-order valence-corrected chi connectivity index (χ1v) is 9.49. The van der Waals surface area contributed by atoms with E-state index in [1.165, 1.54) is 0 Å². The third-order valence-electron chi connectivity index (χ3n) is 4.42. The molecule has 0 aromatic heterocycles. The molecular weight excluding hydrogens is 330 g/mol. The van der Waals surface area contributed by atoms with Gasteiger partial charge in [-0.2, -0.15) is 4.99 Å². The maximum Gasteiger partial charge on any atom is 0.219 e. The van der Waals surface area contributed by atoms with E-state index in [9.17, 15) is 0 Å². The molecule has 0 bridgehead atoms. The van der Waals surface area contributed by atoms with Crippen LogP contribution in [0, 0.1) is 0 Å². The largest absolute Gasteiger partial charge is 0.493 e. The Labute approximate surface area is 157 Å². The van der Waals surface area contributed by atoms with Gasteiger partial charge in [-0.3, -0.25) is 0 Å². The summed E-state index contributed by atoms with van der Waals surface area (Å²) in [6, 6.07) is 0.0841. The van der Waals surface area contributed by atoms with E-state index in [1.54, 1.807) is 12.1 Å². The van der Waals surface area contributed by atoms with E-state index >= 15 is 0 Å². The standard InChI is InChI=1S/C16H27N7O.C2H6/c1-4-5-13(24-3)15-20-23-12(11-21(15)2)10-14(19-16(23)17)22-8-6-18-7-9-22;1-2/h5,10,12,18H,4,6-9,11H2,1-3H3,(H2,17,19);1-2H3/b13-5-;. The Bertz CT molecular complexity index is 590. The number of amidine groups is 1. The van der Waals surface area contributed by atoms with Crippen molar-refractivity contribution in [2.24, 2.45) is 15.8 Å². The number of ether oxygens (including phenoxy) is 1. The predicted molar refractivity (Wildman–Crippen MR) is 107 cm³/mol. The van der Waals surface area contributed by atoms with Crippen LogP contribution in [0.2, 0.25) is 0 Å². The van der Waals surface area contributed by atoms with E-state index in [0.717, 1.165) is 56.6 Å². The highest BCUT2D eigenvalue weighted by Crippen LogP contribution is 2.23. The van der Waals surface area contributed by atoms with Crippen LogP contribution in [0.5, 0.6) is 0 Å². The van der Waals surface area contributed by atoms with Crippen LogP contribution in [0.3, 0.4) is 0 Å². The molecule has 1 saturated heterocycles. The number of guanidine groups is 1. The van der Waals surface area contributed by atoms with Crippen LogP contribution in [0.15, 0.2) is 33.8 Å². The summed E-state index contributed by atoms with van der Waals surface area (Å²) in [6.07, 6.45) is 5.07. The summed E-state index contributed by atoms with van der Waals surface area (Å²) in [5.74, 6) is 2.95. The SMILES string of the molecule is CC.CC/C=C(\OC)C1=NN2C(N)=NC(N3CCNCC3)=CC2CN1C. The molecule has 3 aliphatic heterocycles. The quantitative estimate of drug-likeness (QED) is 0.724. The Morgan fingerprint density at radius 2 is 2.08 bits per heavy atom. The molecule has 0 radical (unpaired) electrons. The highest BCUT2D eigenvalue weighted by atomic mass is 16.5. The number of hydrazone groups is 1. The lowest BCUT2D eigenvalue weighted by Crippen LogP contribution is -2.55. The minimum absolute atomic E-state index is 0.0841. The zero-order chi connectivity index (χ0) is 19.1. The number of fused-ring (bicyclic) bond motifs is 1. The van der Waals surface area contributed by atoms with Crippen molar-refractivity contribution in [1.82, 2.24) is 20.1 Å². The topological polar surface area (TPSA) is 81.7 Å². The summed E-state index contributed by atoms with van der Waals surface area (Å²) in [6.45, 7) is 10.7. The van der Waals surface area contributed by atoms with Crippen molar-refractivity contribution in [3.63, 3.8) is 0 Å². The molecule has 0 aromatic rings. The van der Waals surface area contributed by atoms with Crippen molar-refractivity contribution in [2.45, 2.75) is 33.2 Å². The average Bonchev–Trinajstić information content (AvgIpc) is 2.68. The Morgan fingerprint density at radius 1 is 1.38 bits per heavy atom. The van der Waals surface area contributed by atoms with Gasteiger partial charge >= 0.3 is 0 Å². The van der Waals surface area contributed by atoms with Crippen molar-refractivity contribution >= 4 is 11.8 Å². The monoisotopic (exact) mass is 363 g/mol. The summed E-state index contributed by atoms with van der Waals surface area (Å²) in [7, 11) is 3.69. The fraction of sp³-hybridized carbons (Fsp3) is 0.667. The highest BCUT2D eigenvalue weighted by Gasteiger charge is 2.33. The van der Waals surface area contributed by atoms with E-state index in [4.69, 9.17) is 10.5 Å². The molecule has 0 aliphatic carbocycles. The van der Waals surface area contributed by atoms with Crippen LogP contribution in [-0.4, -0.2) is 79.5 Å². The van der Waals surface area contributed by atoms with Gasteiger partial charge in [0.1, 0.15) is 5.82 Å². The van der Waals surface area contributed by atoms with E-state index in [-0.39, 0.29) is 6.04 Å². The molecule has 146 valence electrons. The molecule has 1 unspecified atom stereocenters. The average molecular weight is 364 g/mol. The summed E-state index contributed by atoms with van der Waals surface area (Å²) in [4.78, 5) is 8.96. The van der Waals surface area contributed by atoms with E-state index in [2.05, 4.69) is 38.2 Å². The zero-order valence-electron chi connectivity index (χ0n) is 16.7. The zero-order valence-corrected chi connectivity index (χ0v) is 16.7. The number of methoxy groups -OCH3 is 1. The Hall–Kier alpha value is -2.22. The van der Waals surface area contributed by atoms with Gasteiger partial charge in [-0.15, -0.1) is 5.10 Å². The first-order valence-electron chi connectivity index (χ1n) is 9.49. The van der Waals surface area contributed by atoms with Gasteiger partial charge in [-0.1, -0.05) is 20.8 Å². The normalized spacial score (nSPS) is 23.3. The van der Waals surface area contributed by atoms with Crippen LogP contribution in [0.25, 0.3) is 0 Å². The van der Waals surface area contributed by atoms with Crippen molar-refractivity contribution in [3.05, 3.63) is 23.7 Å². The van der Waals surface area contributed by atoms with Gasteiger partial charge < -0.3 is 25.6 Å². The van der Waals surface area contributed by atoms with Crippen molar-refractivity contribution in [1.29, 1.82) is 0 Å². The molecule has 3 N–H and O–H groups in total. The molecule has 8 nitrogen and oxygen atoms in total. The molecule has 1 fully saturated rings. The summed E-state index contributed by atoms with van der Waals surface area (Å²) >= 11 is 0. The number of allylic oxidation sites excluding steroid dienone is 1. The third kappa shape index (κ3) is 4.30. The molecule has 8 heteroatoms. The highest BCUT2D eigenvalue weighted by molar-refractivity contribution is 5.98. The van der Waals surface area contributed by atoms with E-state index in [0.29, 0.717) is 5.96 Å². The number of likely N-dealkylation sites (N-methyl/N-ethyl adjacent to an activating group) is 1. The van der Waals surface area contributed by atoms with Crippen molar-refractivity contribution in [2.75, 3.05) is 46.9 Å². The lowest BCUT2D eigenvalue weighted by atomic mass is 10.2. The molecule has 3 aliphatic rings. The Morgan fingerprint density at radius 3 is 2.69 bits per heavy atom. The molecule has 3 heterocycles. The number of nitrogens with two attached hydrogens (primary N) is 1. The fourth-order valence-corrected chi connectivity index (χ4v) is 3.18. The molecule has 26 heavy (non-hydrogen) atoms. The molecule has 0 aromatic carbocycles. The number of piperazine rings is 1. The number of rotatable bonds is 4. The molecule has 0 spiro atoms. The summed E-state index contributed by atoms with van der Waals surface area (Å²) < 4.78 is 5.48. The maximum atomic E-state index is 6.22. The van der Waals surface area contributed by atoms with Gasteiger partial charge in [0.2, 0.25) is 5.96 Å². The molecule has 1 atom stereocenters. The first-order chi connectivity index (χ1) is 12.6. The number of hydrogen-bond acceptors (Lipinski definition) is 8. The van der Waals surface area contributed by atoms with Gasteiger partial charge in [0.25, 0.3) is 0 Å². The number of aliphatic imine (C=N–C) groups is 1. The van der Waals surface area contributed by atoms with Crippen LogP contribution >= 0.6 is 0 Å².